The van der Waals surface area contributed by atoms with Crippen LogP contribution in [0, 0.1) is 6.92 Å². The molecule has 0 aliphatic carbocycles. The molecule has 0 atom stereocenters. The highest BCUT2D eigenvalue weighted by Crippen LogP contribution is 2.27. The van der Waals surface area contributed by atoms with Gasteiger partial charge < -0.3 is 10.8 Å². The Labute approximate surface area is 118 Å². The first-order valence-electron chi connectivity index (χ1n) is 5.97. The third-order valence-electron chi connectivity index (χ3n) is 3.18. The van der Waals surface area contributed by atoms with Crippen LogP contribution in [0.2, 0.25) is 0 Å². The number of rotatable bonds is 3. The zero-order valence-electron chi connectivity index (χ0n) is 11.2. The summed E-state index contributed by atoms with van der Waals surface area (Å²) in [6.45, 7) is 1.67. The summed E-state index contributed by atoms with van der Waals surface area (Å²) in [5.41, 5.74) is 7.18. The van der Waals surface area contributed by atoms with Gasteiger partial charge in [-0.15, -0.1) is 0 Å². The molecule has 0 heterocycles. The van der Waals surface area contributed by atoms with Gasteiger partial charge in [0.2, 0.25) is 0 Å². The highest BCUT2D eigenvalue weighted by molar-refractivity contribution is 7.92. The minimum Gasteiger partial charge on any atom is -0.508 e. The van der Waals surface area contributed by atoms with Gasteiger partial charge in [-0.2, -0.15) is 0 Å². The second-order valence-electron chi connectivity index (χ2n) is 4.46. The SMILES string of the molecule is Cc1c(N)cccc1S(=O)(=O)N(C)c1ccc(O)cc1. The average molecular weight is 292 g/mol. The molecule has 106 valence electrons. The van der Waals surface area contributed by atoms with Crippen molar-refractivity contribution in [1.82, 2.24) is 0 Å². The van der Waals surface area contributed by atoms with E-state index in [-0.39, 0.29) is 10.6 Å². The molecule has 0 amide bonds. The standard InChI is InChI=1S/C14H16N2O3S/c1-10-13(15)4-3-5-14(10)20(18,19)16(2)11-6-8-12(17)9-7-11/h3-9,17H,15H2,1-2H3. The number of anilines is 2. The highest BCUT2D eigenvalue weighted by atomic mass is 32.2. The van der Waals surface area contributed by atoms with E-state index in [9.17, 15) is 13.5 Å². The molecule has 0 saturated heterocycles. The Morgan fingerprint density at radius 1 is 1.10 bits per heavy atom. The van der Waals surface area contributed by atoms with Gasteiger partial charge in [0, 0.05) is 12.7 Å². The Morgan fingerprint density at radius 2 is 1.70 bits per heavy atom. The van der Waals surface area contributed by atoms with Crippen molar-refractivity contribution in [3.8, 4) is 5.75 Å². The normalized spacial score (nSPS) is 11.3. The van der Waals surface area contributed by atoms with E-state index in [0.717, 1.165) is 4.31 Å². The summed E-state index contributed by atoms with van der Waals surface area (Å²) in [5.74, 6) is 0.0830. The molecule has 5 nitrogen and oxygen atoms in total. The van der Waals surface area contributed by atoms with E-state index in [0.29, 0.717) is 16.9 Å². The molecule has 0 spiro atoms. The number of nitrogen functional groups attached to an aromatic ring is 1. The summed E-state index contributed by atoms with van der Waals surface area (Å²) in [6, 6.07) is 10.7. The third kappa shape index (κ3) is 2.42. The van der Waals surface area contributed by atoms with Crippen molar-refractivity contribution in [2.24, 2.45) is 0 Å². The topological polar surface area (TPSA) is 83.6 Å². The van der Waals surface area contributed by atoms with Crippen LogP contribution in [0.1, 0.15) is 5.56 Å². The number of sulfonamides is 1. The Hall–Kier alpha value is -2.21. The predicted molar refractivity (Wildman–Crippen MR) is 79.3 cm³/mol. The van der Waals surface area contributed by atoms with Crippen molar-refractivity contribution >= 4 is 21.4 Å². The maximum absolute atomic E-state index is 12.6. The van der Waals surface area contributed by atoms with Gasteiger partial charge in [-0.05, 0) is 48.9 Å². The van der Waals surface area contributed by atoms with Crippen LogP contribution in [0.4, 0.5) is 11.4 Å². The monoisotopic (exact) mass is 292 g/mol. The van der Waals surface area contributed by atoms with Crippen LogP contribution in [0.15, 0.2) is 47.4 Å². The smallest absolute Gasteiger partial charge is 0.264 e. The molecular formula is C14H16N2O3S. The zero-order valence-corrected chi connectivity index (χ0v) is 12.1. The first-order chi connectivity index (χ1) is 9.34. The van der Waals surface area contributed by atoms with Gasteiger partial charge in [0.1, 0.15) is 5.75 Å². The second-order valence-corrected chi connectivity index (χ2v) is 6.40. The van der Waals surface area contributed by atoms with E-state index in [1.54, 1.807) is 19.1 Å². The summed E-state index contributed by atoms with van der Waals surface area (Å²) in [5, 5.41) is 9.25. The van der Waals surface area contributed by atoms with E-state index in [1.807, 2.05) is 0 Å². The predicted octanol–water partition coefficient (Wildman–Crippen LogP) is 2.11. The number of nitrogens with zero attached hydrogens (tertiary/aromatic N) is 1. The van der Waals surface area contributed by atoms with E-state index in [1.165, 1.54) is 37.4 Å². The number of hydrogen-bond donors (Lipinski definition) is 2. The highest BCUT2D eigenvalue weighted by Gasteiger charge is 2.23. The van der Waals surface area contributed by atoms with Crippen molar-refractivity contribution in [3.05, 3.63) is 48.0 Å². The molecule has 0 aliphatic rings. The molecule has 0 unspecified atom stereocenters. The molecule has 0 bridgehead atoms. The molecule has 2 aromatic rings. The summed E-state index contributed by atoms with van der Waals surface area (Å²) in [7, 11) is -2.22. The van der Waals surface area contributed by atoms with Gasteiger partial charge in [-0.3, -0.25) is 4.31 Å². The Bertz CT molecular complexity index is 725. The lowest BCUT2D eigenvalue weighted by Crippen LogP contribution is -2.27. The average Bonchev–Trinajstić information content (AvgIpc) is 2.41. The number of hydrogen-bond acceptors (Lipinski definition) is 4. The number of benzene rings is 2. The van der Waals surface area contributed by atoms with Gasteiger partial charge in [-0.25, -0.2) is 8.42 Å². The maximum Gasteiger partial charge on any atom is 0.264 e. The van der Waals surface area contributed by atoms with Gasteiger partial charge >= 0.3 is 0 Å². The lowest BCUT2D eigenvalue weighted by atomic mass is 10.2. The van der Waals surface area contributed by atoms with E-state index in [4.69, 9.17) is 5.73 Å². The molecule has 6 heteroatoms. The quantitative estimate of drug-likeness (QED) is 0.849. The number of aromatic hydroxyl groups is 1. The maximum atomic E-state index is 12.6. The Kier molecular flexibility index (Phi) is 3.59. The third-order valence-corrected chi connectivity index (χ3v) is 5.11. The molecule has 0 fully saturated rings. The lowest BCUT2D eigenvalue weighted by molar-refractivity contribution is 0.475. The van der Waals surface area contributed by atoms with Crippen LogP contribution in [0.5, 0.6) is 5.75 Å². The summed E-state index contributed by atoms with van der Waals surface area (Å²) >= 11 is 0. The Morgan fingerprint density at radius 3 is 2.30 bits per heavy atom. The van der Waals surface area contributed by atoms with Crippen LogP contribution in [-0.4, -0.2) is 20.6 Å². The number of phenols is 1. The number of nitrogens with two attached hydrogens (primary N) is 1. The van der Waals surface area contributed by atoms with E-state index < -0.39 is 10.0 Å². The fourth-order valence-corrected chi connectivity index (χ4v) is 3.31. The van der Waals surface area contributed by atoms with Crippen molar-refractivity contribution in [3.63, 3.8) is 0 Å². The van der Waals surface area contributed by atoms with Gasteiger partial charge in [0.15, 0.2) is 0 Å². The fourth-order valence-electron chi connectivity index (χ4n) is 1.86. The molecule has 0 aromatic heterocycles. The molecule has 0 aliphatic heterocycles. The zero-order chi connectivity index (χ0) is 14.9. The second kappa shape index (κ2) is 5.05. The number of phenolic OH excluding ortho intramolecular Hbond substituents is 1. The first kappa shape index (κ1) is 14.2. The van der Waals surface area contributed by atoms with Crippen LogP contribution < -0.4 is 10.0 Å². The van der Waals surface area contributed by atoms with E-state index >= 15 is 0 Å². The van der Waals surface area contributed by atoms with Crippen LogP contribution in [0.25, 0.3) is 0 Å². The molecular weight excluding hydrogens is 276 g/mol. The molecule has 3 N–H and O–H groups in total. The minimum atomic E-state index is -3.69. The van der Waals surface area contributed by atoms with Crippen molar-refractivity contribution < 1.29 is 13.5 Å². The van der Waals surface area contributed by atoms with Crippen LogP contribution in [0.3, 0.4) is 0 Å². The van der Waals surface area contributed by atoms with Gasteiger partial charge in [-0.1, -0.05) is 6.07 Å². The molecule has 2 aromatic carbocycles. The van der Waals surface area contributed by atoms with Crippen molar-refractivity contribution in [1.29, 1.82) is 0 Å². The van der Waals surface area contributed by atoms with E-state index in [2.05, 4.69) is 0 Å². The van der Waals surface area contributed by atoms with Gasteiger partial charge in [0.05, 0.1) is 10.6 Å². The van der Waals surface area contributed by atoms with Crippen LogP contribution in [-0.2, 0) is 10.0 Å². The fraction of sp³-hybridized carbons (Fsp3) is 0.143. The van der Waals surface area contributed by atoms with Gasteiger partial charge in [0.25, 0.3) is 10.0 Å². The molecule has 2 rings (SSSR count). The van der Waals surface area contributed by atoms with Crippen molar-refractivity contribution in [2.45, 2.75) is 11.8 Å². The Balaban J connectivity index is 2.49. The van der Waals surface area contributed by atoms with Crippen molar-refractivity contribution in [2.75, 3.05) is 17.1 Å². The molecule has 20 heavy (non-hydrogen) atoms. The lowest BCUT2D eigenvalue weighted by Gasteiger charge is -2.21. The molecule has 0 saturated carbocycles. The molecule has 0 radical (unpaired) electrons. The minimum absolute atomic E-state index is 0.0830. The summed E-state index contributed by atoms with van der Waals surface area (Å²) < 4.78 is 26.4. The van der Waals surface area contributed by atoms with Crippen LogP contribution >= 0.6 is 0 Å². The summed E-state index contributed by atoms with van der Waals surface area (Å²) in [4.78, 5) is 0.174. The first-order valence-corrected chi connectivity index (χ1v) is 7.41. The largest absolute Gasteiger partial charge is 0.508 e. The summed E-state index contributed by atoms with van der Waals surface area (Å²) in [6.07, 6.45) is 0.